The molecule has 0 aliphatic carbocycles. The Kier molecular flexibility index (Phi) is 7.63. The van der Waals surface area contributed by atoms with E-state index in [1.807, 2.05) is 31.2 Å². The molecule has 0 bridgehead atoms. The number of methoxy groups -OCH3 is 2. The zero-order chi connectivity index (χ0) is 24.1. The third kappa shape index (κ3) is 4.97. The normalized spacial score (nSPS) is 17.5. The Morgan fingerprint density at radius 1 is 1.06 bits per heavy atom. The van der Waals surface area contributed by atoms with E-state index in [1.54, 1.807) is 18.2 Å². The average molecular weight is 454 g/mol. The lowest BCUT2D eigenvalue weighted by molar-refractivity contribution is -0.139. The van der Waals surface area contributed by atoms with Crippen LogP contribution in [0.3, 0.4) is 0 Å². The molecule has 3 rings (SSSR count). The van der Waals surface area contributed by atoms with Gasteiger partial charge in [0.25, 0.3) is 11.7 Å². The van der Waals surface area contributed by atoms with Crippen LogP contribution in [-0.2, 0) is 9.59 Å². The minimum Gasteiger partial charge on any atom is -0.507 e. The van der Waals surface area contributed by atoms with Gasteiger partial charge in [-0.15, -0.1) is 0 Å². The number of Topliss-reactive ketones (excluding diaryl/α,β-unsaturated/α-hetero) is 1. The maximum absolute atomic E-state index is 13.1. The van der Waals surface area contributed by atoms with Crippen molar-refractivity contribution in [2.45, 2.75) is 33.2 Å². The van der Waals surface area contributed by atoms with Gasteiger partial charge in [-0.1, -0.05) is 32.9 Å². The summed E-state index contributed by atoms with van der Waals surface area (Å²) in [5.74, 6) is 0.224. The summed E-state index contributed by atoms with van der Waals surface area (Å²) in [5.41, 5.74) is 1.03. The first-order valence-corrected chi connectivity index (χ1v) is 11.1. The minimum atomic E-state index is -0.737. The summed E-state index contributed by atoms with van der Waals surface area (Å²) < 4.78 is 16.5. The van der Waals surface area contributed by atoms with Crippen molar-refractivity contribution >= 4 is 17.4 Å². The Morgan fingerprint density at radius 3 is 2.45 bits per heavy atom. The third-order valence-corrected chi connectivity index (χ3v) is 5.43. The number of benzene rings is 2. The van der Waals surface area contributed by atoms with Gasteiger partial charge in [0.1, 0.15) is 23.0 Å². The van der Waals surface area contributed by atoms with E-state index in [2.05, 4.69) is 13.8 Å². The van der Waals surface area contributed by atoms with Gasteiger partial charge >= 0.3 is 0 Å². The molecule has 176 valence electrons. The molecule has 1 saturated heterocycles. The van der Waals surface area contributed by atoms with E-state index in [1.165, 1.54) is 19.1 Å². The maximum Gasteiger partial charge on any atom is 0.295 e. The van der Waals surface area contributed by atoms with Crippen LogP contribution in [0.5, 0.6) is 17.2 Å². The lowest BCUT2D eigenvalue weighted by atomic mass is 9.94. The molecule has 0 spiro atoms. The largest absolute Gasteiger partial charge is 0.507 e. The number of rotatable bonds is 9. The number of amides is 1. The van der Waals surface area contributed by atoms with E-state index in [0.29, 0.717) is 53.9 Å². The number of carbonyl (C=O) groups excluding carboxylic acids is 2. The van der Waals surface area contributed by atoms with Crippen LogP contribution in [0, 0.1) is 5.92 Å². The molecule has 0 saturated carbocycles. The van der Waals surface area contributed by atoms with Crippen molar-refractivity contribution in [1.29, 1.82) is 0 Å². The molecule has 1 aliphatic heterocycles. The summed E-state index contributed by atoms with van der Waals surface area (Å²) in [5, 5.41) is 11.3. The summed E-state index contributed by atoms with van der Waals surface area (Å²) in [6, 6.07) is 11.5. The van der Waals surface area contributed by atoms with Gasteiger partial charge in [0, 0.05) is 12.6 Å². The van der Waals surface area contributed by atoms with E-state index < -0.39 is 17.7 Å². The molecule has 7 heteroatoms. The van der Waals surface area contributed by atoms with Crippen molar-refractivity contribution in [2.75, 3.05) is 27.4 Å². The summed E-state index contributed by atoms with van der Waals surface area (Å²) in [6.07, 6.45) is 0.666. The summed E-state index contributed by atoms with van der Waals surface area (Å²) in [4.78, 5) is 27.5. The van der Waals surface area contributed by atoms with Crippen LogP contribution in [0.25, 0.3) is 5.76 Å². The van der Waals surface area contributed by atoms with Crippen molar-refractivity contribution in [2.24, 2.45) is 5.92 Å². The predicted molar refractivity (Wildman–Crippen MR) is 126 cm³/mol. The molecule has 33 heavy (non-hydrogen) atoms. The lowest BCUT2D eigenvalue weighted by Gasteiger charge is -2.25. The van der Waals surface area contributed by atoms with Crippen LogP contribution in [-0.4, -0.2) is 49.1 Å². The van der Waals surface area contributed by atoms with Gasteiger partial charge in [0.05, 0.1) is 38.0 Å². The van der Waals surface area contributed by atoms with Crippen molar-refractivity contribution < 1.29 is 28.9 Å². The van der Waals surface area contributed by atoms with Gasteiger partial charge < -0.3 is 24.2 Å². The molecule has 1 heterocycles. The maximum atomic E-state index is 13.1. The van der Waals surface area contributed by atoms with Gasteiger partial charge in [-0.05, 0) is 42.2 Å². The van der Waals surface area contributed by atoms with Crippen molar-refractivity contribution in [1.82, 2.24) is 4.90 Å². The standard InChI is InChI=1S/C26H31NO6/c1-6-12-27-23(17-8-7-9-19(13-17)33-15-16(2)3)22(25(29)26(27)30)24(28)20-11-10-18(31-4)14-21(20)32-5/h7-11,13-14,16,23,28H,6,12,15H2,1-5H3/b24-22-. The van der Waals surface area contributed by atoms with Gasteiger partial charge in [0.15, 0.2) is 0 Å². The molecule has 2 aromatic carbocycles. The van der Waals surface area contributed by atoms with E-state index >= 15 is 0 Å². The van der Waals surface area contributed by atoms with Gasteiger partial charge in [-0.3, -0.25) is 9.59 Å². The van der Waals surface area contributed by atoms with Crippen LogP contribution in [0.15, 0.2) is 48.0 Å². The molecule has 1 aliphatic rings. The second kappa shape index (κ2) is 10.4. The van der Waals surface area contributed by atoms with E-state index in [4.69, 9.17) is 14.2 Å². The first kappa shape index (κ1) is 24.2. The summed E-state index contributed by atoms with van der Waals surface area (Å²) in [6.45, 7) is 6.97. The molecular weight excluding hydrogens is 422 g/mol. The zero-order valence-corrected chi connectivity index (χ0v) is 19.8. The highest BCUT2D eigenvalue weighted by Gasteiger charge is 2.46. The SMILES string of the molecule is CCCN1C(=O)C(=O)/C(=C(\O)c2ccc(OC)cc2OC)C1c1cccc(OCC(C)C)c1. The quantitative estimate of drug-likeness (QED) is 0.340. The lowest BCUT2D eigenvalue weighted by Crippen LogP contribution is -2.30. The van der Waals surface area contributed by atoms with Crippen molar-refractivity contribution in [3.8, 4) is 17.2 Å². The molecule has 0 aromatic heterocycles. The van der Waals surface area contributed by atoms with Gasteiger partial charge in [-0.2, -0.15) is 0 Å². The highest BCUT2D eigenvalue weighted by molar-refractivity contribution is 6.46. The number of aliphatic hydroxyl groups is 1. The first-order valence-electron chi connectivity index (χ1n) is 11.1. The molecule has 1 unspecified atom stereocenters. The zero-order valence-electron chi connectivity index (χ0n) is 19.8. The molecule has 1 fully saturated rings. The number of ether oxygens (including phenoxy) is 3. The van der Waals surface area contributed by atoms with Crippen LogP contribution in [0.4, 0.5) is 0 Å². The molecule has 2 aromatic rings. The monoisotopic (exact) mass is 453 g/mol. The molecular formula is C26H31NO6. The van der Waals surface area contributed by atoms with Crippen molar-refractivity contribution in [3.63, 3.8) is 0 Å². The predicted octanol–water partition coefficient (Wildman–Crippen LogP) is 4.57. The second-order valence-corrected chi connectivity index (χ2v) is 8.34. The second-order valence-electron chi connectivity index (χ2n) is 8.34. The summed E-state index contributed by atoms with van der Waals surface area (Å²) >= 11 is 0. The third-order valence-electron chi connectivity index (χ3n) is 5.43. The first-order chi connectivity index (χ1) is 15.8. The molecule has 1 N–H and O–H groups in total. The fourth-order valence-corrected chi connectivity index (χ4v) is 3.87. The topological polar surface area (TPSA) is 85.3 Å². The Morgan fingerprint density at radius 2 is 1.82 bits per heavy atom. The van der Waals surface area contributed by atoms with Crippen LogP contribution < -0.4 is 14.2 Å². The van der Waals surface area contributed by atoms with Crippen LogP contribution >= 0.6 is 0 Å². The minimum absolute atomic E-state index is 0.0259. The number of carbonyl (C=O) groups is 2. The molecule has 1 atom stereocenters. The number of ketones is 1. The molecule has 7 nitrogen and oxygen atoms in total. The van der Waals surface area contributed by atoms with E-state index in [-0.39, 0.29) is 11.3 Å². The van der Waals surface area contributed by atoms with E-state index in [0.717, 1.165) is 0 Å². The molecule has 1 amide bonds. The fraction of sp³-hybridized carbons (Fsp3) is 0.385. The highest BCUT2D eigenvalue weighted by Crippen LogP contribution is 2.42. The number of aliphatic hydroxyl groups excluding tert-OH is 1. The Bertz CT molecular complexity index is 1060. The average Bonchev–Trinajstić information content (AvgIpc) is 3.07. The van der Waals surface area contributed by atoms with Crippen molar-refractivity contribution in [3.05, 3.63) is 59.2 Å². The Hall–Kier alpha value is -3.48. The number of hydrogen-bond acceptors (Lipinski definition) is 6. The van der Waals surface area contributed by atoms with E-state index in [9.17, 15) is 14.7 Å². The number of likely N-dealkylation sites (tertiary alicyclic amines) is 1. The Balaban J connectivity index is 2.16. The van der Waals surface area contributed by atoms with Crippen LogP contribution in [0.1, 0.15) is 44.4 Å². The molecule has 0 radical (unpaired) electrons. The highest BCUT2D eigenvalue weighted by atomic mass is 16.5. The summed E-state index contributed by atoms with van der Waals surface area (Å²) in [7, 11) is 2.99. The number of nitrogens with zero attached hydrogens (tertiary/aromatic N) is 1. The fourth-order valence-electron chi connectivity index (χ4n) is 3.87. The smallest absolute Gasteiger partial charge is 0.295 e. The van der Waals surface area contributed by atoms with Crippen LogP contribution in [0.2, 0.25) is 0 Å². The Labute approximate surface area is 194 Å². The number of hydrogen-bond donors (Lipinski definition) is 1. The van der Waals surface area contributed by atoms with Gasteiger partial charge in [0.2, 0.25) is 0 Å². The van der Waals surface area contributed by atoms with Gasteiger partial charge in [-0.25, -0.2) is 0 Å².